The molecule has 1 aromatic heterocycles. The molecule has 3 nitrogen and oxygen atoms in total. The second kappa shape index (κ2) is 5.85. The number of benzene rings is 2. The summed E-state index contributed by atoms with van der Waals surface area (Å²) in [6.07, 6.45) is -4.39. The lowest BCUT2D eigenvalue weighted by Crippen LogP contribution is -2.17. The molecule has 0 N–H and O–H groups in total. The van der Waals surface area contributed by atoms with Gasteiger partial charge in [-0.2, -0.15) is 8.78 Å². The Morgan fingerprint density at radius 3 is 2.00 bits per heavy atom. The molecule has 128 valence electrons. The lowest BCUT2D eigenvalue weighted by molar-refractivity contribution is -0.275. The number of fused-ring (bicyclic) bond motifs is 3. The summed E-state index contributed by atoms with van der Waals surface area (Å²) in [6.45, 7) is 2.12. The van der Waals surface area contributed by atoms with E-state index in [0.29, 0.717) is 6.42 Å². The number of ether oxygens (including phenoxy) is 2. The van der Waals surface area contributed by atoms with Gasteiger partial charge < -0.3 is 13.9 Å². The van der Waals surface area contributed by atoms with Crippen LogP contribution < -0.4 is 9.47 Å². The van der Waals surface area contributed by atoms with Crippen LogP contribution in [0.3, 0.4) is 0 Å². The van der Waals surface area contributed by atoms with Crippen molar-refractivity contribution in [1.29, 1.82) is 0 Å². The van der Waals surface area contributed by atoms with Crippen LogP contribution in [0, 0.1) is 11.6 Å². The fourth-order valence-electron chi connectivity index (χ4n) is 2.33. The highest BCUT2D eigenvalue weighted by Gasteiger charge is 2.33. The summed E-state index contributed by atoms with van der Waals surface area (Å²) in [5, 5.41) is 0.363. The van der Waals surface area contributed by atoms with Crippen LogP contribution in [0.2, 0.25) is 0 Å². The van der Waals surface area contributed by atoms with Gasteiger partial charge in [-0.25, -0.2) is 0 Å². The quantitative estimate of drug-likeness (QED) is 0.580. The first-order valence-corrected chi connectivity index (χ1v) is 7.03. The van der Waals surface area contributed by atoms with E-state index in [4.69, 9.17) is 9.15 Å². The highest BCUT2D eigenvalue weighted by molar-refractivity contribution is 6.06. The van der Waals surface area contributed by atoms with Crippen molar-refractivity contribution >= 4 is 21.9 Å². The lowest BCUT2D eigenvalue weighted by Gasteiger charge is -2.09. The monoisotopic (exact) mass is 346 g/mol. The van der Waals surface area contributed by atoms with Gasteiger partial charge >= 0.3 is 6.36 Å². The lowest BCUT2D eigenvalue weighted by atomic mass is 10.1. The molecule has 0 aliphatic heterocycles. The van der Waals surface area contributed by atoms with Crippen LogP contribution in [-0.2, 0) is 0 Å². The summed E-state index contributed by atoms with van der Waals surface area (Å²) >= 11 is 0. The Bertz CT molecular complexity index is 898. The van der Waals surface area contributed by atoms with E-state index in [1.54, 1.807) is 0 Å². The summed E-state index contributed by atoms with van der Waals surface area (Å²) in [4.78, 5) is 0. The number of hydrogen-bond acceptors (Lipinski definition) is 3. The maximum absolute atomic E-state index is 14.4. The molecule has 0 amide bonds. The van der Waals surface area contributed by atoms with E-state index in [0.717, 1.165) is 6.07 Å². The van der Waals surface area contributed by atoms with Crippen molar-refractivity contribution in [3.05, 3.63) is 35.9 Å². The third-order valence-corrected chi connectivity index (χ3v) is 3.31. The molecule has 0 bridgehead atoms. The molecule has 24 heavy (non-hydrogen) atoms. The van der Waals surface area contributed by atoms with Gasteiger partial charge in [0.25, 0.3) is 0 Å². The van der Waals surface area contributed by atoms with Gasteiger partial charge in [0.15, 0.2) is 22.7 Å². The van der Waals surface area contributed by atoms with Crippen LogP contribution >= 0.6 is 0 Å². The molecule has 0 fully saturated rings. The molecule has 0 aliphatic rings. The standard InChI is InChI=1S/C16H11F5O3/c1-2-7-22-10-5-3-8-9-4-6-11(24-16(19,20)21)13(18)15(9)23-14(8)12(10)17/h3-6H,2,7H2,1H3. The molecule has 3 aromatic rings. The molecule has 0 aliphatic carbocycles. The minimum Gasteiger partial charge on any atom is -0.490 e. The highest BCUT2D eigenvalue weighted by Crippen LogP contribution is 2.38. The molecule has 3 rings (SSSR count). The van der Waals surface area contributed by atoms with E-state index in [1.165, 1.54) is 18.2 Å². The third kappa shape index (κ3) is 2.83. The topological polar surface area (TPSA) is 31.6 Å². The van der Waals surface area contributed by atoms with Gasteiger partial charge in [0.1, 0.15) is 0 Å². The van der Waals surface area contributed by atoms with Gasteiger partial charge in [-0.3, -0.25) is 0 Å². The van der Waals surface area contributed by atoms with Crippen LogP contribution in [-0.4, -0.2) is 13.0 Å². The maximum atomic E-state index is 14.4. The zero-order chi connectivity index (χ0) is 17.5. The fourth-order valence-corrected chi connectivity index (χ4v) is 2.33. The highest BCUT2D eigenvalue weighted by atomic mass is 19.4. The van der Waals surface area contributed by atoms with E-state index in [9.17, 15) is 22.0 Å². The van der Waals surface area contributed by atoms with Crippen LogP contribution in [0.25, 0.3) is 21.9 Å². The van der Waals surface area contributed by atoms with Crippen molar-refractivity contribution in [3.63, 3.8) is 0 Å². The Hall–Kier alpha value is -2.51. The molecule has 0 unspecified atom stereocenters. The Balaban J connectivity index is 2.16. The first-order chi connectivity index (χ1) is 11.3. The van der Waals surface area contributed by atoms with Crippen molar-refractivity contribution in [2.45, 2.75) is 19.7 Å². The van der Waals surface area contributed by atoms with E-state index in [1.807, 2.05) is 6.92 Å². The molecule has 0 saturated carbocycles. The van der Waals surface area contributed by atoms with Gasteiger partial charge in [0.05, 0.1) is 6.61 Å². The molecule has 0 radical (unpaired) electrons. The number of halogens is 5. The van der Waals surface area contributed by atoms with Gasteiger partial charge in [-0.05, 0) is 30.7 Å². The molecule has 8 heteroatoms. The number of hydrogen-bond donors (Lipinski definition) is 0. The number of alkyl halides is 3. The Morgan fingerprint density at radius 2 is 1.46 bits per heavy atom. The first kappa shape index (κ1) is 16.4. The number of furan rings is 1. The van der Waals surface area contributed by atoms with Gasteiger partial charge in [0.2, 0.25) is 11.6 Å². The largest absolute Gasteiger partial charge is 0.573 e. The van der Waals surface area contributed by atoms with E-state index in [2.05, 4.69) is 4.74 Å². The molecular formula is C16H11F5O3. The molecule has 0 atom stereocenters. The Morgan fingerprint density at radius 1 is 0.917 bits per heavy atom. The Labute approximate surface area is 132 Å². The van der Waals surface area contributed by atoms with E-state index >= 15 is 0 Å². The minimum absolute atomic E-state index is 0.0735. The van der Waals surface area contributed by atoms with Gasteiger partial charge in [-0.1, -0.05) is 6.92 Å². The Kier molecular flexibility index (Phi) is 3.98. The van der Waals surface area contributed by atoms with E-state index < -0.39 is 29.3 Å². The van der Waals surface area contributed by atoms with Gasteiger partial charge in [0, 0.05) is 10.8 Å². The van der Waals surface area contributed by atoms with Crippen LogP contribution in [0.15, 0.2) is 28.7 Å². The second-order valence-corrected chi connectivity index (χ2v) is 5.01. The average molecular weight is 346 g/mol. The fraction of sp³-hybridized carbons (Fsp3) is 0.250. The molecule has 0 saturated heterocycles. The van der Waals surface area contributed by atoms with Crippen molar-refractivity contribution in [2.75, 3.05) is 6.61 Å². The van der Waals surface area contributed by atoms with Crippen molar-refractivity contribution in [1.82, 2.24) is 0 Å². The minimum atomic E-state index is -5.05. The molecule has 0 spiro atoms. The third-order valence-electron chi connectivity index (χ3n) is 3.31. The summed E-state index contributed by atoms with van der Waals surface area (Å²) in [6, 6.07) is 4.82. The van der Waals surface area contributed by atoms with Crippen LogP contribution in [0.1, 0.15) is 13.3 Å². The molecule has 1 heterocycles. The second-order valence-electron chi connectivity index (χ2n) is 5.01. The zero-order valence-electron chi connectivity index (χ0n) is 12.3. The summed E-state index contributed by atoms with van der Waals surface area (Å²) in [5.74, 6) is -3.31. The first-order valence-electron chi connectivity index (χ1n) is 7.03. The molecule has 2 aromatic carbocycles. The molecular weight excluding hydrogens is 335 g/mol. The van der Waals surface area contributed by atoms with Crippen molar-refractivity contribution in [2.24, 2.45) is 0 Å². The predicted molar refractivity (Wildman–Crippen MR) is 76.1 cm³/mol. The number of rotatable bonds is 4. The normalized spacial score (nSPS) is 12.1. The maximum Gasteiger partial charge on any atom is 0.573 e. The summed E-state index contributed by atoms with van der Waals surface area (Å²) < 4.78 is 79.3. The van der Waals surface area contributed by atoms with Crippen molar-refractivity contribution < 1.29 is 35.8 Å². The van der Waals surface area contributed by atoms with Crippen LogP contribution in [0.4, 0.5) is 22.0 Å². The summed E-state index contributed by atoms with van der Waals surface area (Å²) in [5.41, 5.74) is -0.806. The van der Waals surface area contributed by atoms with Crippen LogP contribution in [0.5, 0.6) is 11.5 Å². The summed E-state index contributed by atoms with van der Waals surface area (Å²) in [7, 11) is 0. The smallest absolute Gasteiger partial charge is 0.490 e. The van der Waals surface area contributed by atoms with E-state index in [-0.39, 0.29) is 28.7 Å². The van der Waals surface area contributed by atoms with Gasteiger partial charge in [-0.15, -0.1) is 13.2 Å². The predicted octanol–water partition coefficient (Wildman–Crippen LogP) is 5.55. The SMILES string of the molecule is CCCOc1ccc2c(oc3c(F)c(OC(F)(F)F)ccc32)c1F. The van der Waals surface area contributed by atoms with Crippen molar-refractivity contribution in [3.8, 4) is 11.5 Å². The average Bonchev–Trinajstić information content (AvgIpc) is 2.89. The zero-order valence-corrected chi connectivity index (χ0v) is 12.3.